The molecule has 148 valence electrons. The number of carbonyl (C=O) groups is 1. The fraction of sp³-hybridized carbons (Fsp3) is 0.500. The van der Waals surface area contributed by atoms with Crippen LogP contribution in [0.25, 0.3) is 6.08 Å². The predicted octanol–water partition coefficient (Wildman–Crippen LogP) is 4.27. The lowest BCUT2D eigenvalue weighted by Gasteiger charge is -2.52. The Balaban J connectivity index is 1.38. The van der Waals surface area contributed by atoms with Crippen LogP contribution in [0.5, 0.6) is 0 Å². The number of aromatic nitrogens is 2. The third kappa shape index (κ3) is 3.68. The highest BCUT2D eigenvalue weighted by Crippen LogP contribution is 2.57. The molecule has 6 heteroatoms. The third-order valence-corrected chi connectivity index (χ3v) is 6.55. The van der Waals surface area contributed by atoms with Gasteiger partial charge in [-0.25, -0.2) is 4.79 Å². The van der Waals surface area contributed by atoms with E-state index in [-0.39, 0.29) is 11.4 Å². The van der Waals surface area contributed by atoms with Gasteiger partial charge in [-0.2, -0.15) is 4.98 Å². The molecule has 0 atom stereocenters. The van der Waals surface area contributed by atoms with Crippen molar-refractivity contribution in [3.05, 3.63) is 47.6 Å². The number of esters is 1. The highest BCUT2D eigenvalue weighted by molar-refractivity contribution is 5.87. The molecule has 1 aromatic heterocycles. The largest absolute Gasteiger partial charge is 0.466 e. The number of methoxy groups -OCH3 is 1. The van der Waals surface area contributed by atoms with Crippen molar-refractivity contribution in [3.8, 4) is 0 Å². The van der Waals surface area contributed by atoms with Crippen molar-refractivity contribution in [2.75, 3.05) is 19.0 Å². The summed E-state index contributed by atoms with van der Waals surface area (Å²) in [6, 6.07) is 8.11. The Morgan fingerprint density at radius 1 is 1.25 bits per heavy atom. The number of fused-ring (bicyclic) bond motifs is 3. The van der Waals surface area contributed by atoms with Crippen molar-refractivity contribution < 1.29 is 14.1 Å². The maximum Gasteiger partial charge on any atom is 0.330 e. The molecule has 28 heavy (non-hydrogen) atoms. The average Bonchev–Trinajstić information content (AvgIpc) is 3.19. The van der Waals surface area contributed by atoms with E-state index in [9.17, 15) is 4.79 Å². The summed E-state index contributed by atoms with van der Waals surface area (Å²) in [7, 11) is 1.38. The summed E-state index contributed by atoms with van der Waals surface area (Å²) in [5.41, 5.74) is 2.50. The van der Waals surface area contributed by atoms with Crippen LogP contribution in [0.2, 0.25) is 0 Å². The minimum absolute atomic E-state index is 0.0988. The molecule has 1 heterocycles. The van der Waals surface area contributed by atoms with Crippen LogP contribution in [-0.4, -0.2) is 29.8 Å². The molecule has 0 unspecified atom stereocenters. The lowest BCUT2D eigenvalue weighted by atomic mass is 9.53. The van der Waals surface area contributed by atoms with Crippen LogP contribution in [0.15, 0.2) is 34.9 Å². The van der Waals surface area contributed by atoms with Crippen LogP contribution < -0.4 is 5.32 Å². The predicted molar refractivity (Wildman–Crippen MR) is 107 cm³/mol. The van der Waals surface area contributed by atoms with E-state index in [2.05, 4.69) is 32.3 Å². The van der Waals surface area contributed by atoms with Crippen LogP contribution in [0.4, 0.5) is 5.69 Å². The van der Waals surface area contributed by atoms with Crippen molar-refractivity contribution in [2.45, 2.75) is 50.9 Å². The van der Waals surface area contributed by atoms with Gasteiger partial charge >= 0.3 is 5.97 Å². The second kappa shape index (κ2) is 7.41. The van der Waals surface area contributed by atoms with Gasteiger partial charge in [0.25, 0.3) is 0 Å². The van der Waals surface area contributed by atoms with Gasteiger partial charge in [-0.05, 0) is 74.6 Å². The second-order valence-corrected chi connectivity index (χ2v) is 8.26. The molecule has 0 aliphatic heterocycles. The average molecular weight is 381 g/mol. The first kappa shape index (κ1) is 18.7. The molecule has 3 aliphatic rings. The van der Waals surface area contributed by atoms with E-state index >= 15 is 0 Å². The van der Waals surface area contributed by atoms with E-state index in [0.717, 1.165) is 48.8 Å². The molecular weight excluding hydrogens is 354 g/mol. The smallest absolute Gasteiger partial charge is 0.330 e. The maximum atomic E-state index is 11.3. The lowest BCUT2D eigenvalue weighted by Crippen LogP contribution is -2.47. The minimum Gasteiger partial charge on any atom is -0.466 e. The first-order valence-corrected chi connectivity index (χ1v) is 9.93. The second-order valence-electron chi connectivity index (χ2n) is 8.26. The molecule has 0 saturated heterocycles. The molecule has 1 aromatic carbocycles. The topological polar surface area (TPSA) is 77.2 Å². The Morgan fingerprint density at radius 3 is 2.64 bits per heavy atom. The molecule has 3 saturated carbocycles. The minimum atomic E-state index is -0.346. The normalized spacial score (nSPS) is 26.5. The number of hydrogen-bond donors (Lipinski definition) is 1. The van der Waals surface area contributed by atoms with E-state index in [1.54, 1.807) is 6.08 Å². The van der Waals surface area contributed by atoms with Crippen LogP contribution in [0.3, 0.4) is 0 Å². The summed E-state index contributed by atoms with van der Waals surface area (Å²) < 4.78 is 10.2. The number of hydrogen-bond acceptors (Lipinski definition) is 6. The van der Waals surface area contributed by atoms with Gasteiger partial charge in [0.2, 0.25) is 5.89 Å². The summed E-state index contributed by atoms with van der Waals surface area (Å²) >= 11 is 0. The Morgan fingerprint density at radius 2 is 2.00 bits per heavy atom. The van der Waals surface area contributed by atoms with Crippen LogP contribution in [-0.2, 0) is 14.9 Å². The summed E-state index contributed by atoms with van der Waals surface area (Å²) in [4.78, 5) is 15.8. The van der Waals surface area contributed by atoms with Gasteiger partial charge in [0.15, 0.2) is 5.82 Å². The number of ether oxygens (including phenoxy) is 1. The number of nitrogens with zero attached hydrogens (tertiary/aromatic N) is 2. The maximum absolute atomic E-state index is 11.3. The van der Waals surface area contributed by atoms with Crippen molar-refractivity contribution in [1.82, 2.24) is 10.1 Å². The van der Waals surface area contributed by atoms with Gasteiger partial charge in [0.1, 0.15) is 0 Å². The molecule has 0 spiro atoms. The van der Waals surface area contributed by atoms with Gasteiger partial charge in [-0.15, -0.1) is 0 Å². The fourth-order valence-electron chi connectivity index (χ4n) is 4.64. The van der Waals surface area contributed by atoms with Crippen molar-refractivity contribution in [2.24, 2.45) is 5.41 Å². The Labute approximate surface area is 165 Å². The molecule has 2 bridgehead atoms. The molecule has 5 rings (SSSR count). The highest BCUT2D eigenvalue weighted by atomic mass is 16.5. The van der Waals surface area contributed by atoms with E-state index in [1.165, 1.54) is 32.4 Å². The number of nitrogens with one attached hydrogen (secondary N) is 1. The molecule has 0 amide bonds. The molecular formula is C22H27N3O3. The first-order chi connectivity index (χ1) is 13.5. The first-order valence-electron chi connectivity index (χ1n) is 9.93. The van der Waals surface area contributed by atoms with Crippen molar-refractivity contribution in [1.29, 1.82) is 0 Å². The van der Waals surface area contributed by atoms with E-state index in [0.29, 0.717) is 5.41 Å². The zero-order chi connectivity index (χ0) is 19.6. The van der Waals surface area contributed by atoms with E-state index in [4.69, 9.17) is 4.52 Å². The molecule has 1 N–H and O–H groups in total. The number of carbonyl (C=O) groups excluding carboxylic acids is 1. The van der Waals surface area contributed by atoms with Crippen LogP contribution in [0.1, 0.15) is 55.8 Å². The summed E-state index contributed by atoms with van der Waals surface area (Å²) in [6.45, 7) is 2.86. The Bertz CT molecular complexity index is 862. The van der Waals surface area contributed by atoms with Crippen molar-refractivity contribution in [3.63, 3.8) is 0 Å². The monoisotopic (exact) mass is 381 g/mol. The van der Waals surface area contributed by atoms with Gasteiger partial charge < -0.3 is 14.6 Å². The molecule has 2 aromatic rings. The molecule has 6 nitrogen and oxygen atoms in total. The van der Waals surface area contributed by atoms with Crippen molar-refractivity contribution >= 4 is 17.7 Å². The van der Waals surface area contributed by atoms with Gasteiger partial charge in [0.05, 0.1) is 7.11 Å². The number of rotatable bonds is 6. The lowest BCUT2D eigenvalue weighted by molar-refractivity contribution is -0.134. The number of benzene rings is 1. The van der Waals surface area contributed by atoms with Crippen LogP contribution >= 0.6 is 0 Å². The molecule has 3 aliphatic carbocycles. The quantitative estimate of drug-likeness (QED) is 0.595. The summed E-state index contributed by atoms with van der Waals surface area (Å²) in [5.74, 6) is 1.23. The molecule has 0 radical (unpaired) electrons. The summed E-state index contributed by atoms with van der Waals surface area (Å²) in [5, 5.41) is 7.63. The highest BCUT2D eigenvalue weighted by Gasteiger charge is 2.51. The summed E-state index contributed by atoms with van der Waals surface area (Å²) in [6.07, 6.45) is 10.1. The van der Waals surface area contributed by atoms with Gasteiger partial charge in [0, 0.05) is 23.7 Å². The SMILES string of the molecule is COC(=O)/C=C/c1cccc(NCC23CCC(c4nc(C)no4)(CC2)CC3)c1. The van der Waals surface area contributed by atoms with E-state index < -0.39 is 0 Å². The van der Waals surface area contributed by atoms with Crippen LogP contribution in [0, 0.1) is 12.3 Å². The number of anilines is 1. The standard InChI is InChI=1S/C22H27N3O3/c1-16-24-20(28-25-16)22-11-8-21(9-12-22,10-13-22)15-23-18-5-3-4-17(14-18)6-7-19(26)27-2/h3-7,14,23H,8-13,15H2,1-2H3/b7-6+. The fourth-order valence-corrected chi connectivity index (χ4v) is 4.64. The van der Waals surface area contributed by atoms with Gasteiger partial charge in [-0.3, -0.25) is 0 Å². The molecule has 3 fully saturated rings. The third-order valence-electron chi connectivity index (χ3n) is 6.55. The zero-order valence-electron chi connectivity index (χ0n) is 16.5. The zero-order valence-corrected chi connectivity index (χ0v) is 16.5. The number of aryl methyl sites for hydroxylation is 1. The Kier molecular flexibility index (Phi) is 4.96. The Hall–Kier alpha value is -2.63. The van der Waals surface area contributed by atoms with Gasteiger partial charge in [-0.1, -0.05) is 17.3 Å². The van der Waals surface area contributed by atoms with E-state index in [1.807, 2.05) is 19.1 Å².